The number of amides is 1. The fourth-order valence-electron chi connectivity index (χ4n) is 2.22. The first-order valence-corrected chi connectivity index (χ1v) is 6.35. The van der Waals surface area contributed by atoms with Gasteiger partial charge in [0.25, 0.3) is 0 Å². The molecule has 0 aliphatic carbocycles. The molecule has 1 N–H and O–H groups in total. The highest BCUT2D eigenvalue weighted by molar-refractivity contribution is 5.81. The molecule has 0 aromatic rings. The number of ether oxygens (including phenoxy) is 1. The van der Waals surface area contributed by atoms with Gasteiger partial charge in [0.05, 0.1) is 5.54 Å². The van der Waals surface area contributed by atoms with Gasteiger partial charge in [0.1, 0.15) is 12.1 Å². The van der Waals surface area contributed by atoms with Gasteiger partial charge in [-0.25, -0.2) is 0 Å². The van der Waals surface area contributed by atoms with Crippen molar-refractivity contribution in [3.8, 4) is 0 Å². The Hall–Kier alpha value is -1.10. The smallest absolute Gasteiger partial charge is 0.326 e. The molecule has 5 heteroatoms. The minimum atomic E-state index is -0.519. The Labute approximate surface area is 109 Å². The third-order valence-corrected chi connectivity index (χ3v) is 3.09. The Morgan fingerprint density at radius 2 is 2.00 bits per heavy atom. The summed E-state index contributed by atoms with van der Waals surface area (Å²) < 4.78 is 5.27. The van der Waals surface area contributed by atoms with Crippen LogP contribution in [-0.2, 0) is 14.3 Å². The number of esters is 1. The Balaban J connectivity index is 2.70. The van der Waals surface area contributed by atoms with Gasteiger partial charge >= 0.3 is 5.97 Å². The van der Waals surface area contributed by atoms with E-state index in [0.717, 1.165) is 19.5 Å². The number of hydrogen-bond donors (Lipinski definition) is 1. The van der Waals surface area contributed by atoms with Crippen molar-refractivity contribution in [2.24, 2.45) is 0 Å². The average Bonchev–Trinajstić information content (AvgIpc) is 2.59. The highest BCUT2D eigenvalue weighted by atomic mass is 16.6. The zero-order valence-electron chi connectivity index (χ0n) is 12.0. The van der Waals surface area contributed by atoms with Crippen LogP contribution >= 0.6 is 0 Å². The van der Waals surface area contributed by atoms with Crippen LogP contribution in [0.2, 0.25) is 0 Å². The van der Waals surface area contributed by atoms with Crippen LogP contribution in [0.15, 0.2) is 0 Å². The standard InChI is InChI=1S/C13H24N2O3/c1-10(16)15(13(5)6-7-14-9-13)8-11(17)18-12(2,3)4/h14H,6-9H2,1-5H3. The van der Waals surface area contributed by atoms with Gasteiger partial charge in [0.2, 0.25) is 5.91 Å². The number of hydrogen-bond acceptors (Lipinski definition) is 4. The average molecular weight is 256 g/mol. The molecule has 0 aromatic carbocycles. The molecule has 0 saturated carbocycles. The summed E-state index contributed by atoms with van der Waals surface area (Å²) in [5.41, 5.74) is -0.808. The Kier molecular flexibility index (Phi) is 4.37. The maximum atomic E-state index is 11.8. The molecule has 0 radical (unpaired) electrons. The molecule has 1 amide bonds. The second-order valence-electron chi connectivity index (χ2n) is 6.12. The van der Waals surface area contributed by atoms with Crippen LogP contribution in [0.1, 0.15) is 41.0 Å². The zero-order chi connectivity index (χ0) is 14.0. The van der Waals surface area contributed by atoms with E-state index in [2.05, 4.69) is 5.32 Å². The van der Waals surface area contributed by atoms with E-state index in [1.807, 2.05) is 27.7 Å². The van der Waals surface area contributed by atoms with Gasteiger partial charge in [-0.1, -0.05) is 0 Å². The topological polar surface area (TPSA) is 58.6 Å². The third kappa shape index (κ3) is 3.98. The van der Waals surface area contributed by atoms with Gasteiger partial charge in [-0.05, 0) is 40.7 Å². The van der Waals surface area contributed by atoms with Crippen molar-refractivity contribution in [2.45, 2.75) is 52.2 Å². The van der Waals surface area contributed by atoms with Gasteiger partial charge in [-0.3, -0.25) is 9.59 Å². The quantitative estimate of drug-likeness (QED) is 0.763. The fraction of sp³-hybridized carbons (Fsp3) is 0.846. The molecule has 1 saturated heterocycles. The summed E-state index contributed by atoms with van der Waals surface area (Å²) in [5, 5.41) is 3.22. The number of rotatable bonds is 3. The monoisotopic (exact) mass is 256 g/mol. The van der Waals surface area contributed by atoms with E-state index in [-0.39, 0.29) is 24.0 Å². The number of carbonyl (C=O) groups is 2. The summed E-state index contributed by atoms with van der Waals surface area (Å²) in [6.45, 7) is 10.6. The van der Waals surface area contributed by atoms with Gasteiger partial charge in [-0.15, -0.1) is 0 Å². The molecule has 1 aliphatic heterocycles. The maximum Gasteiger partial charge on any atom is 0.326 e. The Morgan fingerprint density at radius 1 is 1.39 bits per heavy atom. The molecule has 1 aliphatic rings. The van der Waals surface area contributed by atoms with Gasteiger partial charge < -0.3 is 15.0 Å². The second-order valence-corrected chi connectivity index (χ2v) is 6.12. The van der Waals surface area contributed by atoms with Crippen LogP contribution in [-0.4, -0.2) is 47.6 Å². The first kappa shape index (κ1) is 15.0. The summed E-state index contributed by atoms with van der Waals surface area (Å²) in [7, 11) is 0. The number of nitrogens with one attached hydrogen (secondary N) is 1. The lowest BCUT2D eigenvalue weighted by Crippen LogP contribution is -2.53. The molecule has 0 spiro atoms. The molecule has 1 atom stereocenters. The first-order valence-electron chi connectivity index (χ1n) is 6.35. The van der Waals surface area contributed by atoms with Crippen molar-refractivity contribution >= 4 is 11.9 Å². The van der Waals surface area contributed by atoms with Crippen molar-refractivity contribution in [3.05, 3.63) is 0 Å². The molecule has 1 rings (SSSR count). The second kappa shape index (κ2) is 5.26. The van der Waals surface area contributed by atoms with E-state index in [1.165, 1.54) is 6.92 Å². The molecule has 5 nitrogen and oxygen atoms in total. The van der Waals surface area contributed by atoms with E-state index >= 15 is 0 Å². The van der Waals surface area contributed by atoms with Gasteiger partial charge in [0.15, 0.2) is 0 Å². The van der Waals surface area contributed by atoms with E-state index in [4.69, 9.17) is 4.74 Å². The van der Waals surface area contributed by atoms with Crippen molar-refractivity contribution in [2.75, 3.05) is 19.6 Å². The molecule has 104 valence electrons. The minimum absolute atomic E-state index is 0.0186. The van der Waals surface area contributed by atoms with Gasteiger partial charge in [-0.2, -0.15) is 0 Å². The van der Waals surface area contributed by atoms with Crippen LogP contribution < -0.4 is 5.32 Å². The minimum Gasteiger partial charge on any atom is -0.459 e. The lowest BCUT2D eigenvalue weighted by atomic mass is 9.98. The fourth-order valence-corrected chi connectivity index (χ4v) is 2.22. The molecule has 1 unspecified atom stereocenters. The van der Waals surface area contributed by atoms with Crippen molar-refractivity contribution < 1.29 is 14.3 Å². The molecule has 18 heavy (non-hydrogen) atoms. The van der Waals surface area contributed by atoms with Crippen LogP contribution in [0.3, 0.4) is 0 Å². The normalized spacial score (nSPS) is 23.8. The molecule has 1 heterocycles. The zero-order valence-corrected chi connectivity index (χ0v) is 12.0. The Bertz CT molecular complexity index is 328. The van der Waals surface area contributed by atoms with Crippen LogP contribution in [0.5, 0.6) is 0 Å². The summed E-state index contributed by atoms with van der Waals surface area (Å²) >= 11 is 0. The number of nitrogens with zero attached hydrogens (tertiary/aromatic N) is 1. The van der Waals surface area contributed by atoms with Crippen LogP contribution in [0.25, 0.3) is 0 Å². The molecular formula is C13H24N2O3. The molecular weight excluding hydrogens is 232 g/mol. The summed E-state index contributed by atoms with van der Waals surface area (Å²) in [5.74, 6) is -0.446. The van der Waals surface area contributed by atoms with Crippen molar-refractivity contribution in [1.82, 2.24) is 10.2 Å². The maximum absolute atomic E-state index is 11.8. The van der Waals surface area contributed by atoms with E-state index < -0.39 is 5.60 Å². The van der Waals surface area contributed by atoms with E-state index in [1.54, 1.807) is 4.90 Å². The highest BCUT2D eigenvalue weighted by Gasteiger charge is 2.38. The molecule has 1 fully saturated rings. The SMILES string of the molecule is CC(=O)N(CC(=O)OC(C)(C)C)C1(C)CCNC1. The largest absolute Gasteiger partial charge is 0.459 e. The summed E-state index contributed by atoms with van der Waals surface area (Å²) in [4.78, 5) is 25.2. The van der Waals surface area contributed by atoms with E-state index in [9.17, 15) is 9.59 Å². The van der Waals surface area contributed by atoms with Gasteiger partial charge in [0, 0.05) is 13.5 Å². The first-order chi connectivity index (χ1) is 8.14. The summed E-state index contributed by atoms with van der Waals surface area (Å²) in [6.07, 6.45) is 0.857. The predicted octanol–water partition coefficient (Wildman–Crippen LogP) is 0.929. The lowest BCUT2D eigenvalue weighted by molar-refractivity contribution is -0.161. The summed E-state index contributed by atoms with van der Waals surface area (Å²) in [6, 6.07) is 0. The molecule has 0 aromatic heterocycles. The Morgan fingerprint density at radius 3 is 2.39 bits per heavy atom. The van der Waals surface area contributed by atoms with Crippen LogP contribution in [0, 0.1) is 0 Å². The molecule has 0 bridgehead atoms. The predicted molar refractivity (Wildman–Crippen MR) is 69.1 cm³/mol. The highest BCUT2D eigenvalue weighted by Crippen LogP contribution is 2.23. The lowest BCUT2D eigenvalue weighted by Gasteiger charge is -2.37. The number of carbonyl (C=O) groups excluding carboxylic acids is 2. The van der Waals surface area contributed by atoms with Crippen molar-refractivity contribution in [3.63, 3.8) is 0 Å². The van der Waals surface area contributed by atoms with Crippen LogP contribution in [0.4, 0.5) is 0 Å². The van der Waals surface area contributed by atoms with Crippen molar-refractivity contribution in [1.29, 1.82) is 0 Å². The van der Waals surface area contributed by atoms with E-state index in [0.29, 0.717) is 0 Å². The third-order valence-electron chi connectivity index (χ3n) is 3.09.